The monoisotopic (exact) mass is 323 g/mol. The van der Waals surface area contributed by atoms with Gasteiger partial charge >= 0.3 is 4.87 Å². The zero-order valence-corrected chi connectivity index (χ0v) is 13.8. The van der Waals surface area contributed by atoms with Crippen LogP contribution in [0, 0.1) is 6.92 Å². The van der Waals surface area contributed by atoms with Gasteiger partial charge in [-0.05, 0) is 37.1 Å². The molecule has 3 aromatic rings. The molecule has 0 aliphatic rings. The minimum absolute atomic E-state index is 0.0115. The lowest BCUT2D eigenvalue weighted by molar-refractivity contribution is 0.439. The highest BCUT2D eigenvalue weighted by molar-refractivity contribution is 7.10. The molecule has 3 rings (SSSR count). The molecule has 0 aliphatic heterocycles. The van der Waals surface area contributed by atoms with E-state index >= 15 is 0 Å². The van der Waals surface area contributed by atoms with E-state index in [1.54, 1.807) is 12.1 Å². The van der Waals surface area contributed by atoms with E-state index < -0.39 is 0 Å². The van der Waals surface area contributed by atoms with Gasteiger partial charge in [0.15, 0.2) is 0 Å². The van der Waals surface area contributed by atoms with Gasteiger partial charge in [0.1, 0.15) is 4.88 Å². The van der Waals surface area contributed by atoms with Crippen LogP contribution >= 0.6 is 11.3 Å². The number of para-hydroxylation sites is 1. The van der Waals surface area contributed by atoms with Gasteiger partial charge in [-0.15, -0.1) is 0 Å². The smallest absolute Gasteiger partial charge is 0.315 e. The highest BCUT2D eigenvalue weighted by Crippen LogP contribution is 2.35. The van der Waals surface area contributed by atoms with Crippen molar-refractivity contribution in [2.75, 3.05) is 0 Å². The Labute approximate surface area is 138 Å². The van der Waals surface area contributed by atoms with Crippen LogP contribution in [0.25, 0.3) is 11.3 Å². The van der Waals surface area contributed by atoms with Crippen LogP contribution in [0.3, 0.4) is 0 Å². The fourth-order valence-electron chi connectivity index (χ4n) is 2.63. The van der Waals surface area contributed by atoms with Crippen LogP contribution in [0.15, 0.2) is 65.5 Å². The zero-order valence-electron chi connectivity index (χ0n) is 13.0. The van der Waals surface area contributed by atoms with Crippen LogP contribution in [-0.4, -0.2) is 9.67 Å². The van der Waals surface area contributed by atoms with Gasteiger partial charge in [0.2, 0.25) is 5.88 Å². The van der Waals surface area contributed by atoms with Crippen LogP contribution in [0.2, 0.25) is 0 Å². The maximum absolute atomic E-state index is 12.4. The quantitative estimate of drug-likeness (QED) is 0.778. The molecule has 23 heavy (non-hydrogen) atoms. The SMILES string of the molecule is C/C=C(/c1ccccc1C)c1sc(=O)n(-c2ccccc2)c1O. The highest BCUT2D eigenvalue weighted by Gasteiger charge is 2.19. The van der Waals surface area contributed by atoms with Gasteiger partial charge in [-0.2, -0.15) is 0 Å². The Hall–Kier alpha value is -2.59. The molecule has 1 heterocycles. The Morgan fingerprint density at radius 1 is 1.09 bits per heavy atom. The summed E-state index contributed by atoms with van der Waals surface area (Å²) in [5.41, 5.74) is 3.66. The fraction of sp³-hybridized carbons (Fsp3) is 0.105. The Morgan fingerprint density at radius 2 is 1.74 bits per heavy atom. The molecule has 0 saturated heterocycles. The Balaban J connectivity index is 2.19. The molecule has 3 nitrogen and oxygen atoms in total. The molecule has 0 unspecified atom stereocenters. The lowest BCUT2D eigenvalue weighted by Gasteiger charge is -2.10. The number of thiazole rings is 1. The molecule has 0 atom stereocenters. The fourth-order valence-corrected chi connectivity index (χ4v) is 3.61. The number of aromatic nitrogens is 1. The summed E-state index contributed by atoms with van der Waals surface area (Å²) in [7, 11) is 0. The molecule has 1 N–H and O–H groups in total. The second-order valence-corrected chi connectivity index (χ2v) is 6.17. The molecule has 0 aliphatic carbocycles. The van der Waals surface area contributed by atoms with E-state index in [1.165, 1.54) is 4.57 Å². The van der Waals surface area contributed by atoms with Crippen LogP contribution < -0.4 is 4.87 Å². The second-order valence-electron chi connectivity index (χ2n) is 5.21. The topological polar surface area (TPSA) is 42.2 Å². The zero-order chi connectivity index (χ0) is 16.4. The second kappa shape index (κ2) is 6.26. The first-order chi connectivity index (χ1) is 11.1. The van der Waals surface area contributed by atoms with Crippen molar-refractivity contribution in [1.82, 2.24) is 4.57 Å². The molecule has 4 heteroatoms. The average Bonchev–Trinajstić information content (AvgIpc) is 2.85. The van der Waals surface area contributed by atoms with E-state index in [0.717, 1.165) is 28.0 Å². The van der Waals surface area contributed by atoms with E-state index in [1.807, 2.05) is 62.4 Å². The molecule has 0 bridgehead atoms. The van der Waals surface area contributed by atoms with Crippen molar-refractivity contribution in [3.05, 3.63) is 86.3 Å². The predicted octanol–water partition coefficient (Wildman–Crippen LogP) is 4.36. The van der Waals surface area contributed by atoms with Crippen molar-refractivity contribution < 1.29 is 5.11 Å². The maximum atomic E-state index is 12.4. The van der Waals surface area contributed by atoms with E-state index in [2.05, 4.69) is 0 Å². The number of allylic oxidation sites excluding steroid dienone is 1. The van der Waals surface area contributed by atoms with E-state index in [0.29, 0.717) is 10.6 Å². The molecule has 0 radical (unpaired) electrons. The van der Waals surface area contributed by atoms with Crippen molar-refractivity contribution in [3.8, 4) is 11.6 Å². The molecule has 0 saturated carbocycles. The van der Waals surface area contributed by atoms with E-state index in [9.17, 15) is 9.90 Å². The number of aromatic hydroxyl groups is 1. The molecular weight excluding hydrogens is 306 g/mol. The summed E-state index contributed by atoms with van der Waals surface area (Å²) < 4.78 is 1.35. The third kappa shape index (κ3) is 2.73. The number of hydrogen-bond donors (Lipinski definition) is 1. The number of hydrogen-bond acceptors (Lipinski definition) is 3. The minimum Gasteiger partial charge on any atom is -0.493 e. The van der Waals surface area contributed by atoms with Crippen molar-refractivity contribution in [2.45, 2.75) is 13.8 Å². The Morgan fingerprint density at radius 3 is 2.39 bits per heavy atom. The summed E-state index contributed by atoms with van der Waals surface area (Å²) in [5.74, 6) is -0.0115. The third-order valence-electron chi connectivity index (χ3n) is 3.77. The number of rotatable bonds is 3. The van der Waals surface area contributed by atoms with Crippen molar-refractivity contribution >= 4 is 16.9 Å². The summed E-state index contributed by atoms with van der Waals surface area (Å²) in [6, 6.07) is 17.1. The van der Waals surface area contributed by atoms with Crippen molar-refractivity contribution in [1.29, 1.82) is 0 Å². The molecule has 0 amide bonds. The van der Waals surface area contributed by atoms with Crippen molar-refractivity contribution in [2.24, 2.45) is 0 Å². The maximum Gasteiger partial charge on any atom is 0.315 e. The lowest BCUT2D eigenvalue weighted by atomic mass is 9.99. The van der Waals surface area contributed by atoms with E-state index in [-0.39, 0.29) is 10.8 Å². The van der Waals surface area contributed by atoms with Crippen LogP contribution in [0.5, 0.6) is 5.88 Å². The van der Waals surface area contributed by atoms with Gasteiger partial charge in [-0.3, -0.25) is 4.79 Å². The standard InChI is InChI=1S/C19H17NO2S/c1-3-15(16-12-8-7-9-13(16)2)17-18(21)20(19(22)23-17)14-10-5-4-6-11-14/h3-12,21H,1-2H3/b15-3-. The van der Waals surface area contributed by atoms with Crippen molar-refractivity contribution in [3.63, 3.8) is 0 Å². The minimum atomic E-state index is -0.198. The lowest BCUT2D eigenvalue weighted by Crippen LogP contribution is -2.09. The summed E-state index contributed by atoms with van der Waals surface area (Å²) in [5, 5.41) is 10.6. The highest BCUT2D eigenvalue weighted by atomic mass is 32.1. The van der Waals surface area contributed by atoms with Gasteiger partial charge in [-0.1, -0.05) is 59.9 Å². The van der Waals surface area contributed by atoms with E-state index in [4.69, 9.17) is 0 Å². The molecule has 0 spiro atoms. The molecule has 1 aromatic heterocycles. The molecule has 116 valence electrons. The number of aryl methyl sites for hydroxylation is 1. The Kier molecular flexibility index (Phi) is 4.17. The third-order valence-corrected chi connectivity index (χ3v) is 4.73. The summed E-state index contributed by atoms with van der Waals surface area (Å²) in [6.45, 7) is 3.94. The summed E-state index contributed by atoms with van der Waals surface area (Å²) >= 11 is 1.06. The molecular formula is C19H17NO2S. The van der Waals surface area contributed by atoms with Gasteiger partial charge in [-0.25, -0.2) is 4.57 Å². The largest absolute Gasteiger partial charge is 0.493 e. The Bertz CT molecular complexity index is 920. The number of benzene rings is 2. The average molecular weight is 323 g/mol. The summed E-state index contributed by atoms with van der Waals surface area (Å²) in [4.78, 5) is 12.8. The first-order valence-electron chi connectivity index (χ1n) is 7.36. The predicted molar refractivity (Wildman–Crippen MR) is 95.5 cm³/mol. The van der Waals surface area contributed by atoms with Gasteiger partial charge in [0, 0.05) is 5.57 Å². The normalized spacial score (nSPS) is 11.7. The van der Waals surface area contributed by atoms with Gasteiger partial charge in [0.25, 0.3) is 0 Å². The van der Waals surface area contributed by atoms with Crippen LogP contribution in [-0.2, 0) is 0 Å². The number of nitrogens with zero attached hydrogens (tertiary/aromatic N) is 1. The van der Waals surface area contributed by atoms with Crippen LogP contribution in [0.4, 0.5) is 0 Å². The van der Waals surface area contributed by atoms with Gasteiger partial charge < -0.3 is 5.11 Å². The van der Waals surface area contributed by atoms with Gasteiger partial charge in [0.05, 0.1) is 5.69 Å². The first kappa shape index (κ1) is 15.3. The molecule has 0 fully saturated rings. The molecule has 2 aromatic carbocycles. The first-order valence-corrected chi connectivity index (χ1v) is 8.18. The van der Waals surface area contributed by atoms with Crippen LogP contribution in [0.1, 0.15) is 22.9 Å². The summed E-state index contributed by atoms with van der Waals surface area (Å²) in [6.07, 6.45) is 1.93.